The van der Waals surface area contributed by atoms with Crippen LogP contribution in [0.15, 0.2) is 12.4 Å². The van der Waals surface area contributed by atoms with Crippen LogP contribution in [0.25, 0.3) is 0 Å². The summed E-state index contributed by atoms with van der Waals surface area (Å²) < 4.78 is 0. The van der Waals surface area contributed by atoms with Crippen molar-refractivity contribution in [3.8, 4) is 0 Å². The number of carbonyl (C=O) groups excluding carboxylic acids is 1. The Bertz CT molecular complexity index is 463. The fourth-order valence-corrected chi connectivity index (χ4v) is 2.78. The van der Waals surface area contributed by atoms with Crippen LogP contribution in [0.5, 0.6) is 0 Å². The van der Waals surface area contributed by atoms with Crippen molar-refractivity contribution in [1.82, 2.24) is 20.2 Å². The van der Waals surface area contributed by atoms with E-state index >= 15 is 0 Å². The number of hydrogen-bond acceptors (Lipinski definition) is 4. The zero-order chi connectivity index (χ0) is 13.9. The smallest absolute Gasteiger partial charge is 0.274 e. The van der Waals surface area contributed by atoms with Crippen LogP contribution in [-0.4, -0.2) is 46.5 Å². The first-order valence-corrected chi connectivity index (χ1v) is 7.54. The maximum atomic E-state index is 12.6. The van der Waals surface area contributed by atoms with Gasteiger partial charge in [-0.05, 0) is 51.6 Å². The molecule has 1 aliphatic heterocycles. The van der Waals surface area contributed by atoms with Gasteiger partial charge in [0.25, 0.3) is 5.91 Å². The van der Waals surface area contributed by atoms with Gasteiger partial charge in [-0.15, -0.1) is 0 Å². The lowest BCUT2D eigenvalue weighted by Crippen LogP contribution is -2.41. The van der Waals surface area contributed by atoms with Gasteiger partial charge in [0.15, 0.2) is 0 Å². The van der Waals surface area contributed by atoms with Crippen molar-refractivity contribution < 1.29 is 4.79 Å². The molecule has 20 heavy (non-hydrogen) atoms. The maximum absolute atomic E-state index is 12.6. The second-order valence-electron chi connectivity index (χ2n) is 5.93. The highest BCUT2D eigenvalue weighted by atomic mass is 16.2. The Hall–Kier alpha value is -1.49. The van der Waals surface area contributed by atoms with Gasteiger partial charge in [-0.3, -0.25) is 9.78 Å². The fourth-order valence-electron chi connectivity index (χ4n) is 2.78. The van der Waals surface area contributed by atoms with E-state index in [1.807, 2.05) is 11.8 Å². The van der Waals surface area contributed by atoms with Crippen LogP contribution < -0.4 is 5.32 Å². The largest absolute Gasteiger partial charge is 0.334 e. The number of nitrogens with zero attached hydrogens (tertiary/aromatic N) is 3. The third-order valence-electron chi connectivity index (χ3n) is 4.16. The van der Waals surface area contributed by atoms with Gasteiger partial charge in [-0.1, -0.05) is 0 Å². The molecule has 1 aliphatic carbocycles. The van der Waals surface area contributed by atoms with Crippen LogP contribution >= 0.6 is 0 Å². The Morgan fingerprint density at radius 1 is 1.25 bits per heavy atom. The van der Waals surface area contributed by atoms with Crippen molar-refractivity contribution in [2.75, 3.05) is 19.6 Å². The molecule has 3 rings (SSSR count). The number of piperidine rings is 1. The summed E-state index contributed by atoms with van der Waals surface area (Å²) in [6.45, 7) is 4.90. The minimum atomic E-state index is 0.0542. The number of rotatable bonds is 4. The van der Waals surface area contributed by atoms with Gasteiger partial charge < -0.3 is 10.2 Å². The van der Waals surface area contributed by atoms with E-state index in [0.717, 1.165) is 51.0 Å². The van der Waals surface area contributed by atoms with Gasteiger partial charge >= 0.3 is 0 Å². The third-order valence-corrected chi connectivity index (χ3v) is 4.16. The molecule has 0 radical (unpaired) electrons. The molecule has 0 unspecified atom stereocenters. The molecule has 2 aliphatic rings. The van der Waals surface area contributed by atoms with Crippen molar-refractivity contribution in [3.05, 3.63) is 23.8 Å². The minimum absolute atomic E-state index is 0.0542. The summed E-state index contributed by atoms with van der Waals surface area (Å²) in [5.41, 5.74) is 1.33. The molecular weight excluding hydrogens is 252 g/mol. The highest BCUT2D eigenvalue weighted by Crippen LogP contribution is 2.30. The number of aryl methyl sites for hydroxylation is 1. The maximum Gasteiger partial charge on any atom is 0.274 e. The lowest BCUT2D eigenvalue weighted by molar-refractivity contribution is 0.0695. The molecule has 2 heterocycles. The molecule has 108 valence electrons. The zero-order valence-corrected chi connectivity index (χ0v) is 12.0. The monoisotopic (exact) mass is 274 g/mol. The average Bonchev–Trinajstić information content (AvgIpc) is 3.30. The van der Waals surface area contributed by atoms with E-state index < -0.39 is 0 Å². The summed E-state index contributed by atoms with van der Waals surface area (Å²) in [4.78, 5) is 23.1. The molecule has 1 saturated carbocycles. The molecule has 5 heteroatoms. The van der Waals surface area contributed by atoms with Gasteiger partial charge in [-0.2, -0.15) is 0 Å². The summed E-state index contributed by atoms with van der Waals surface area (Å²) in [6.07, 6.45) is 7.87. The Morgan fingerprint density at radius 2 is 2.00 bits per heavy atom. The Kier molecular flexibility index (Phi) is 3.96. The van der Waals surface area contributed by atoms with Crippen molar-refractivity contribution in [1.29, 1.82) is 0 Å². The lowest BCUT2D eigenvalue weighted by Gasteiger charge is -2.30. The van der Waals surface area contributed by atoms with Crippen molar-refractivity contribution in [2.45, 2.75) is 38.6 Å². The second-order valence-corrected chi connectivity index (χ2v) is 5.93. The van der Waals surface area contributed by atoms with Crippen LogP contribution in [0.4, 0.5) is 0 Å². The Balaban J connectivity index is 1.69. The van der Waals surface area contributed by atoms with E-state index in [9.17, 15) is 4.79 Å². The van der Waals surface area contributed by atoms with Crippen LogP contribution in [0.2, 0.25) is 0 Å². The summed E-state index contributed by atoms with van der Waals surface area (Å²) >= 11 is 0. The summed E-state index contributed by atoms with van der Waals surface area (Å²) in [5.74, 6) is 0.678. The molecule has 1 saturated heterocycles. The third kappa shape index (κ3) is 3.15. The predicted octanol–water partition coefficient (Wildman–Crippen LogP) is 1.39. The number of nitrogens with one attached hydrogen (secondary N) is 1. The molecule has 2 fully saturated rings. The highest BCUT2D eigenvalue weighted by Gasteiger charge is 2.35. The summed E-state index contributed by atoms with van der Waals surface area (Å²) in [6, 6.07) is 0.431. The van der Waals surface area contributed by atoms with Crippen LogP contribution in [0.1, 0.15) is 41.9 Å². The van der Waals surface area contributed by atoms with Gasteiger partial charge in [0.2, 0.25) is 0 Å². The van der Waals surface area contributed by atoms with E-state index in [-0.39, 0.29) is 5.91 Å². The molecule has 1 aromatic rings. The molecule has 1 aromatic heterocycles. The Labute approximate surface area is 119 Å². The van der Waals surface area contributed by atoms with Gasteiger partial charge in [0.1, 0.15) is 5.69 Å². The summed E-state index contributed by atoms with van der Waals surface area (Å²) in [5, 5.41) is 3.37. The first-order valence-electron chi connectivity index (χ1n) is 7.54. The molecule has 1 amide bonds. The second kappa shape index (κ2) is 5.87. The first kappa shape index (κ1) is 13.5. The van der Waals surface area contributed by atoms with E-state index in [1.165, 1.54) is 0 Å². The molecule has 0 bridgehead atoms. The quantitative estimate of drug-likeness (QED) is 0.901. The van der Waals surface area contributed by atoms with Gasteiger partial charge in [0, 0.05) is 18.8 Å². The van der Waals surface area contributed by atoms with Crippen molar-refractivity contribution in [3.63, 3.8) is 0 Å². The molecular formula is C15H22N4O. The van der Waals surface area contributed by atoms with Gasteiger partial charge in [0.05, 0.1) is 11.9 Å². The SMILES string of the molecule is Cc1cnc(C(=O)N(CC2CCNCC2)C2CC2)cn1. The lowest BCUT2D eigenvalue weighted by atomic mass is 9.97. The highest BCUT2D eigenvalue weighted by molar-refractivity contribution is 5.92. The number of aromatic nitrogens is 2. The molecule has 0 aromatic carbocycles. The van der Waals surface area contributed by atoms with Crippen molar-refractivity contribution in [2.24, 2.45) is 5.92 Å². The standard InChI is InChI=1S/C15H22N4O/c1-11-8-18-14(9-17-11)15(20)19(13-2-3-13)10-12-4-6-16-7-5-12/h8-9,12-13,16H,2-7,10H2,1H3. The molecule has 1 N–H and O–H groups in total. The molecule has 5 nitrogen and oxygen atoms in total. The predicted molar refractivity (Wildman–Crippen MR) is 76.4 cm³/mol. The van der Waals surface area contributed by atoms with E-state index in [2.05, 4.69) is 15.3 Å². The number of carbonyl (C=O) groups is 1. The van der Waals surface area contributed by atoms with E-state index in [4.69, 9.17) is 0 Å². The van der Waals surface area contributed by atoms with Crippen molar-refractivity contribution >= 4 is 5.91 Å². The number of hydrogen-bond donors (Lipinski definition) is 1. The molecule has 0 spiro atoms. The fraction of sp³-hybridized carbons (Fsp3) is 0.667. The summed E-state index contributed by atoms with van der Waals surface area (Å²) in [7, 11) is 0. The van der Waals surface area contributed by atoms with Crippen LogP contribution in [0.3, 0.4) is 0 Å². The average molecular weight is 274 g/mol. The van der Waals surface area contributed by atoms with E-state index in [1.54, 1.807) is 12.4 Å². The minimum Gasteiger partial charge on any atom is -0.334 e. The normalized spacial score (nSPS) is 19.9. The number of amides is 1. The van der Waals surface area contributed by atoms with E-state index in [0.29, 0.717) is 17.7 Å². The molecule has 0 atom stereocenters. The topological polar surface area (TPSA) is 58.1 Å². The van der Waals surface area contributed by atoms with Crippen LogP contribution in [-0.2, 0) is 0 Å². The van der Waals surface area contributed by atoms with Crippen LogP contribution in [0, 0.1) is 12.8 Å². The first-order chi connectivity index (χ1) is 9.74. The zero-order valence-electron chi connectivity index (χ0n) is 12.0. The van der Waals surface area contributed by atoms with Gasteiger partial charge in [-0.25, -0.2) is 4.98 Å². The Morgan fingerprint density at radius 3 is 2.60 bits per heavy atom.